The molecule has 1 amide bonds. The molecule has 0 aliphatic carbocycles. The SMILES string of the molecule is CCCCCCOc1cccc(NC(=O)c2ccc(C(C)C)cc2)c1. The Kier molecular flexibility index (Phi) is 7.52. The van der Waals surface area contributed by atoms with Crippen LogP contribution in [0.4, 0.5) is 5.69 Å². The zero-order valence-electron chi connectivity index (χ0n) is 15.5. The highest BCUT2D eigenvalue weighted by atomic mass is 16.5. The first-order valence-corrected chi connectivity index (χ1v) is 9.24. The Morgan fingerprint density at radius 2 is 1.80 bits per heavy atom. The maximum Gasteiger partial charge on any atom is 0.255 e. The van der Waals surface area contributed by atoms with Crippen LogP contribution in [0.15, 0.2) is 48.5 Å². The summed E-state index contributed by atoms with van der Waals surface area (Å²) < 4.78 is 5.77. The van der Waals surface area contributed by atoms with Crippen LogP contribution in [0.5, 0.6) is 5.75 Å². The lowest BCUT2D eigenvalue weighted by molar-refractivity contribution is 0.102. The summed E-state index contributed by atoms with van der Waals surface area (Å²) in [5.41, 5.74) is 2.65. The third-order valence-corrected chi connectivity index (χ3v) is 4.20. The average Bonchev–Trinajstić information content (AvgIpc) is 2.62. The van der Waals surface area contributed by atoms with E-state index in [1.807, 2.05) is 48.5 Å². The molecular formula is C22H29NO2. The van der Waals surface area contributed by atoms with Gasteiger partial charge in [-0.25, -0.2) is 0 Å². The predicted octanol–water partition coefficient (Wildman–Crippen LogP) is 6.02. The maximum absolute atomic E-state index is 12.4. The van der Waals surface area contributed by atoms with Crippen LogP contribution in [0.1, 0.15) is 68.3 Å². The molecule has 0 bridgehead atoms. The molecule has 0 heterocycles. The van der Waals surface area contributed by atoms with E-state index in [4.69, 9.17) is 4.74 Å². The number of hydrogen-bond donors (Lipinski definition) is 1. The van der Waals surface area contributed by atoms with Crippen molar-refractivity contribution in [1.82, 2.24) is 0 Å². The number of ether oxygens (including phenoxy) is 1. The van der Waals surface area contributed by atoms with E-state index in [0.717, 1.165) is 17.9 Å². The van der Waals surface area contributed by atoms with Crippen molar-refractivity contribution in [2.24, 2.45) is 0 Å². The fourth-order valence-electron chi connectivity index (χ4n) is 2.61. The zero-order chi connectivity index (χ0) is 18.1. The molecule has 0 saturated carbocycles. The summed E-state index contributed by atoms with van der Waals surface area (Å²) in [6.45, 7) is 7.20. The van der Waals surface area contributed by atoms with Crippen molar-refractivity contribution < 1.29 is 9.53 Å². The highest BCUT2D eigenvalue weighted by Crippen LogP contribution is 2.19. The third kappa shape index (κ3) is 6.26. The molecule has 25 heavy (non-hydrogen) atoms. The van der Waals surface area contributed by atoms with Crippen molar-refractivity contribution in [2.45, 2.75) is 52.4 Å². The van der Waals surface area contributed by atoms with Gasteiger partial charge in [-0.15, -0.1) is 0 Å². The molecular weight excluding hydrogens is 310 g/mol. The fraction of sp³-hybridized carbons (Fsp3) is 0.409. The molecule has 0 fully saturated rings. The first-order chi connectivity index (χ1) is 12.1. The molecule has 3 heteroatoms. The van der Waals surface area contributed by atoms with Gasteiger partial charge >= 0.3 is 0 Å². The summed E-state index contributed by atoms with van der Waals surface area (Å²) in [5, 5.41) is 2.94. The lowest BCUT2D eigenvalue weighted by Crippen LogP contribution is -2.12. The molecule has 0 saturated heterocycles. The molecule has 2 aromatic carbocycles. The van der Waals surface area contributed by atoms with Crippen LogP contribution in [-0.4, -0.2) is 12.5 Å². The summed E-state index contributed by atoms with van der Waals surface area (Å²) in [4.78, 5) is 12.4. The van der Waals surface area contributed by atoms with Gasteiger partial charge in [0.05, 0.1) is 6.61 Å². The Bertz CT molecular complexity index is 662. The third-order valence-electron chi connectivity index (χ3n) is 4.20. The Hall–Kier alpha value is -2.29. The first-order valence-electron chi connectivity index (χ1n) is 9.24. The van der Waals surface area contributed by atoms with E-state index in [1.54, 1.807) is 0 Å². The number of anilines is 1. The molecule has 0 spiro atoms. The van der Waals surface area contributed by atoms with Crippen LogP contribution in [-0.2, 0) is 0 Å². The van der Waals surface area contributed by atoms with E-state index in [9.17, 15) is 4.79 Å². The topological polar surface area (TPSA) is 38.3 Å². The molecule has 0 aliphatic rings. The largest absolute Gasteiger partial charge is 0.494 e. The predicted molar refractivity (Wildman–Crippen MR) is 105 cm³/mol. The van der Waals surface area contributed by atoms with Crippen LogP contribution in [0.2, 0.25) is 0 Å². The monoisotopic (exact) mass is 339 g/mol. The van der Waals surface area contributed by atoms with Crippen LogP contribution in [0.25, 0.3) is 0 Å². The standard InChI is InChI=1S/C22H29NO2/c1-4-5-6-7-15-25-21-10-8-9-20(16-21)23-22(24)19-13-11-18(12-14-19)17(2)3/h8-14,16-17H,4-7,15H2,1-3H3,(H,23,24). The Balaban J connectivity index is 1.91. The molecule has 1 N–H and O–H groups in total. The average molecular weight is 339 g/mol. The van der Waals surface area contributed by atoms with Gasteiger partial charge < -0.3 is 10.1 Å². The minimum absolute atomic E-state index is 0.101. The van der Waals surface area contributed by atoms with Crippen molar-refractivity contribution in [3.63, 3.8) is 0 Å². The molecule has 0 unspecified atom stereocenters. The van der Waals surface area contributed by atoms with Crippen LogP contribution in [0, 0.1) is 0 Å². The fourth-order valence-corrected chi connectivity index (χ4v) is 2.61. The molecule has 0 aromatic heterocycles. The number of nitrogens with one attached hydrogen (secondary N) is 1. The summed E-state index contributed by atoms with van der Waals surface area (Å²) in [5.74, 6) is 1.16. The van der Waals surface area contributed by atoms with E-state index in [-0.39, 0.29) is 5.91 Å². The van der Waals surface area contributed by atoms with Gasteiger partial charge in [-0.2, -0.15) is 0 Å². The Morgan fingerprint density at radius 3 is 2.48 bits per heavy atom. The highest BCUT2D eigenvalue weighted by Gasteiger charge is 2.07. The summed E-state index contributed by atoms with van der Waals surface area (Å²) in [6.07, 6.45) is 4.72. The van der Waals surface area contributed by atoms with Gasteiger partial charge in [0.1, 0.15) is 5.75 Å². The van der Waals surface area contributed by atoms with E-state index in [1.165, 1.54) is 24.8 Å². The normalized spacial score (nSPS) is 10.7. The minimum atomic E-state index is -0.101. The van der Waals surface area contributed by atoms with Gasteiger partial charge in [-0.1, -0.05) is 58.2 Å². The summed E-state index contributed by atoms with van der Waals surface area (Å²) >= 11 is 0. The van der Waals surface area contributed by atoms with E-state index >= 15 is 0 Å². The quantitative estimate of drug-likeness (QED) is 0.567. The van der Waals surface area contributed by atoms with Crippen LogP contribution in [0.3, 0.4) is 0 Å². The maximum atomic E-state index is 12.4. The zero-order valence-corrected chi connectivity index (χ0v) is 15.5. The second-order valence-electron chi connectivity index (χ2n) is 6.67. The van der Waals surface area contributed by atoms with E-state index in [2.05, 4.69) is 26.1 Å². The number of carbonyl (C=O) groups excluding carboxylic acids is 1. The van der Waals surface area contributed by atoms with Crippen molar-refractivity contribution >= 4 is 11.6 Å². The molecule has 0 radical (unpaired) electrons. The summed E-state index contributed by atoms with van der Waals surface area (Å²) in [7, 11) is 0. The van der Waals surface area contributed by atoms with Gasteiger partial charge in [-0.05, 0) is 42.2 Å². The van der Waals surface area contributed by atoms with Crippen LogP contribution < -0.4 is 10.1 Å². The van der Waals surface area contributed by atoms with E-state index in [0.29, 0.717) is 18.1 Å². The van der Waals surface area contributed by atoms with Crippen molar-refractivity contribution in [3.05, 3.63) is 59.7 Å². The van der Waals surface area contributed by atoms with Crippen LogP contribution >= 0.6 is 0 Å². The smallest absolute Gasteiger partial charge is 0.255 e. The lowest BCUT2D eigenvalue weighted by Gasteiger charge is -2.10. The molecule has 134 valence electrons. The number of amides is 1. The van der Waals surface area contributed by atoms with Gasteiger partial charge in [-0.3, -0.25) is 4.79 Å². The highest BCUT2D eigenvalue weighted by molar-refractivity contribution is 6.04. The van der Waals surface area contributed by atoms with Crippen molar-refractivity contribution in [2.75, 3.05) is 11.9 Å². The second kappa shape index (κ2) is 9.87. The number of benzene rings is 2. The van der Waals surface area contributed by atoms with Crippen molar-refractivity contribution in [3.8, 4) is 5.75 Å². The van der Waals surface area contributed by atoms with E-state index < -0.39 is 0 Å². The minimum Gasteiger partial charge on any atom is -0.494 e. The molecule has 0 atom stereocenters. The number of carbonyl (C=O) groups is 1. The van der Waals surface area contributed by atoms with Gasteiger partial charge in [0.25, 0.3) is 5.91 Å². The molecule has 0 aliphatic heterocycles. The second-order valence-corrected chi connectivity index (χ2v) is 6.67. The van der Waals surface area contributed by atoms with Crippen molar-refractivity contribution in [1.29, 1.82) is 0 Å². The Labute approximate surface area is 151 Å². The Morgan fingerprint density at radius 1 is 1.04 bits per heavy atom. The molecule has 2 rings (SSSR count). The number of unbranched alkanes of at least 4 members (excludes halogenated alkanes) is 3. The molecule has 3 nitrogen and oxygen atoms in total. The number of rotatable bonds is 9. The summed E-state index contributed by atoms with van der Waals surface area (Å²) in [6, 6.07) is 15.3. The lowest BCUT2D eigenvalue weighted by atomic mass is 10.0. The van der Waals surface area contributed by atoms with Gasteiger partial charge in [0, 0.05) is 17.3 Å². The first kappa shape index (κ1) is 19.0. The van der Waals surface area contributed by atoms with Gasteiger partial charge in [0.2, 0.25) is 0 Å². The van der Waals surface area contributed by atoms with Gasteiger partial charge in [0.15, 0.2) is 0 Å². The number of hydrogen-bond acceptors (Lipinski definition) is 2. The molecule has 2 aromatic rings.